The van der Waals surface area contributed by atoms with Crippen LogP contribution in [-0.4, -0.2) is 8.07 Å². The molecule has 0 radical (unpaired) electrons. The zero-order valence-electron chi connectivity index (χ0n) is 29.9. The number of rotatable bonds is 5. The first-order valence-electron chi connectivity index (χ1n) is 17.3. The van der Waals surface area contributed by atoms with Crippen molar-refractivity contribution in [2.45, 2.75) is 20.3 Å². The van der Waals surface area contributed by atoms with E-state index in [1.165, 1.54) is 18.2 Å². The summed E-state index contributed by atoms with van der Waals surface area (Å²) in [5.74, 6) is -0.381. The van der Waals surface area contributed by atoms with Crippen LogP contribution < -0.4 is 15.6 Å². The molecule has 7 rings (SSSR count). The van der Waals surface area contributed by atoms with Crippen LogP contribution in [0.25, 0.3) is 44.2 Å². The zero-order chi connectivity index (χ0) is 35.4. The predicted octanol–water partition coefficient (Wildman–Crippen LogP) is 8.65. The number of para-hydroxylation sites is 1. The fourth-order valence-electron chi connectivity index (χ4n) is 6.28. The van der Waals surface area contributed by atoms with E-state index in [9.17, 15) is 5.26 Å². The van der Waals surface area contributed by atoms with Crippen molar-refractivity contribution in [3.8, 4) is 28.3 Å². The average Bonchev–Trinajstić information content (AvgIpc) is 3.49. The molecular formula is C40H30FNOSi. The minimum absolute atomic E-state index is 0.233. The summed E-state index contributed by atoms with van der Waals surface area (Å²) in [6.45, 7) is -3.13. The average molecular weight is 594 g/mol. The Morgan fingerprint density at radius 3 is 2.02 bits per heavy atom. The van der Waals surface area contributed by atoms with Gasteiger partial charge in [0.25, 0.3) is 0 Å². The molecule has 0 aliphatic carbocycles. The zero-order valence-corrected chi connectivity index (χ0v) is 24.9. The molecule has 0 saturated heterocycles. The van der Waals surface area contributed by atoms with Gasteiger partial charge in [-0.3, -0.25) is 0 Å². The summed E-state index contributed by atoms with van der Waals surface area (Å²) >= 11 is 0. The maximum Gasteiger partial charge on any atom is 0.149 e. The predicted molar refractivity (Wildman–Crippen MR) is 182 cm³/mol. The molecule has 0 atom stereocenters. The Kier molecular flexibility index (Phi) is 5.26. The van der Waals surface area contributed by atoms with Crippen LogP contribution in [0.15, 0.2) is 132 Å². The van der Waals surface area contributed by atoms with Gasteiger partial charge in [-0.15, -0.1) is 0 Å². The molecule has 0 bridgehead atoms. The van der Waals surface area contributed by atoms with Crippen molar-refractivity contribution in [2.75, 3.05) is 0 Å². The summed E-state index contributed by atoms with van der Waals surface area (Å²) in [6, 6.07) is 40.6. The second-order valence-electron chi connectivity index (χ2n) is 11.1. The summed E-state index contributed by atoms with van der Waals surface area (Å²) < 4.78 is 70.9. The third-order valence-corrected chi connectivity index (χ3v) is 13.1. The van der Waals surface area contributed by atoms with Gasteiger partial charge in [0.15, 0.2) is 0 Å². The molecule has 0 fully saturated rings. The molecule has 0 unspecified atom stereocenters. The molecule has 212 valence electrons. The van der Waals surface area contributed by atoms with Crippen LogP contribution in [-0.2, 0) is 0 Å². The molecule has 2 nitrogen and oxygen atoms in total. The number of nitriles is 1. The van der Waals surface area contributed by atoms with E-state index in [0.29, 0.717) is 54.9 Å². The smallest absolute Gasteiger partial charge is 0.149 e. The topological polar surface area (TPSA) is 36.9 Å². The lowest BCUT2D eigenvalue weighted by Gasteiger charge is -2.30. The number of aryl methyl sites for hydroxylation is 2. The van der Waals surface area contributed by atoms with E-state index in [1.54, 1.807) is 24.3 Å². The van der Waals surface area contributed by atoms with Gasteiger partial charge in [-0.2, -0.15) is 5.26 Å². The van der Waals surface area contributed by atoms with Crippen molar-refractivity contribution in [1.82, 2.24) is 0 Å². The van der Waals surface area contributed by atoms with Crippen LogP contribution in [0.2, 0.25) is 6.55 Å². The minimum Gasteiger partial charge on any atom is -0.455 e. The normalized spacial score (nSPS) is 14.2. The van der Waals surface area contributed by atoms with Crippen molar-refractivity contribution in [2.24, 2.45) is 0 Å². The van der Waals surface area contributed by atoms with E-state index in [0.717, 1.165) is 10.4 Å². The Hall–Kier alpha value is -5.24. The Morgan fingerprint density at radius 1 is 0.682 bits per heavy atom. The van der Waals surface area contributed by atoms with Crippen molar-refractivity contribution in [3.05, 3.63) is 150 Å². The maximum atomic E-state index is 16.6. The first-order valence-corrected chi connectivity index (χ1v) is 16.8. The van der Waals surface area contributed by atoms with Gasteiger partial charge >= 0.3 is 0 Å². The van der Waals surface area contributed by atoms with E-state index >= 15 is 4.39 Å². The van der Waals surface area contributed by atoms with Crippen LogP contribution in [0.3, 0.4) is 0 Å². The van der Waals surface area contributed by atoms with E-state index in [2.05, 4.69) is 12.6 Å². The van der Waals surface area contributed by atoms with Gasteiger partial charge in [0.2, 0.25) is 0 Å². The molecule has 0 amide bonds. The maximum absolute atomic E-state index is 16.6. The Bertz CT molecular complexity index is 2410. The largest absolute Gasteiger partial charge is 0.455 e. The third-order valence-electron chi connectivity index (χ3n) is 8.62. The second-order valence-corrected chi connectivity index (χ2v) is 15.0. The van der Waals surface area contributed by atoms with Gasteiger partial charge in [0.1, 0.15) is 25.1 Å². The highest BCUT2D eigenvalue weighted by atomic mass is 28.3. The van der Waals surface area contributed by atoms with Crippen LogP contribution in [0, 0.1) is 30.9 Å². The molecule has 1 aromatic heterocycles. The third kappa shape index (κ3) is 4.37. The van der Waals surface area contributed by atoms with Gasteiger partial charge in [-0.25, -0.2) is 4.39 Å². The van der Waals surface area contributed by atoms with Crippen LogP contribution in [0.5, 0.6) is 0 Å². The lowest BCUT2D eigenvalue weighted by molar-refractivity contribution is 0.635. The molecule has 0 aliphatic heterocycles. The molecule has 7 aromatic rings. The quantitative estimate of drug-likeness (QED) is 0.148. The summed E-state index contributed by atoms with van der Waals surface area (Å²) in [4.78, 5) is 0. The van der Waals surface area contributed by atoms with Gasteiger partial charge in [-0.1, -0.05) is 116 Å². The molecule has 6 aromatic carbocycles. The number of benzene rings is 6. The van der Waals surface area contributed by atoms with Crippen molar-refractivity contribution in [3.63, 3.8) is 0 Å². The molecule has 4 heteroatoms. The Morgan fingerprint density at radius 2 is 1.36 bits per heavy atom. The fourth-order valence-corrected chi connectivity index (χ4v) is 9.92. The fraction of sp³-hybridized carbons (Fsp3) is 0.0750. The summed E-state index contributed by atoms with van der Waals surface area (Å²) in [5, 5.41) is 14.4. The van der Waals surface area contributed by atoms with Crippen molar-refractivity contribution < 1.29 is 17.0 Å². The number of hydrogen-bond acceptors (Lipinski definition) is 2. The monoisotopic (exact) mass is 593 g/mol. The summed E-state index contributed by atoms with van der Waals surface area (Å²) in [5.41, 5.74) is 2.60. The second kappa shape index (κ2) is 10.8. The van der Waals surface area contributed by atoms with Crippen molar-refractivity contribution in [1.29, 1.82) is 5.26 Å². The van der Waals surface area contributed by atoms with E-state index < -0.39 is 21.8 Å². The first-order chi connectivity index (χ1) is 23.8. The lowest BCUT2D eigenvalue weighted by Crippen LogP contribution is -2.65. The highest BCUT2D eigenvalue weighted by Gasteiger charge is 2.36. The van der Waals surface area contributed by atoms with Gasteiger partial charge in [0.05, 0.1) is 11.6 Å². The summed E-state index contributed by atoms with van der Waals surface area (Å²) in [6.07, 6.45) is 0. The van der Waals surface area contributed by atoms with Crippen LogP contribution >= 0.6 is 0 Å². The van der Waals surface area contributed by atoms with Gasteiger partial charge < -0.3 is 4.42 Å². The van der Waals surface area contributed by atoms with Gasteiger partial charge in [-0.05, 0) is 69.7 Å². The highest BCUT2D eigenvalue weighted by Crippen LogP contribution is 2.41. The number of fused-ring (bicyclic) bond motifs is 3. The molecule has 44 heavy (non-hydrogen) atoms. The molecule has 0 spiro atoms. The minimum atomic E-state index is -2.77. The highest BCUT2D eigenvalue weighted by molar-refractivity contribution is 7.10. The molecular weight excluding hydrogens is 558 g/mol. The Labute approximate surface area is 266 Å². The number of furan rings is 1. The Balaban J connectivity index is 1.42. The van der Waals surface area contributed by atoms with E-state index in [1.807, 2.05) is 84.9 Å². The van der Waals surface area contributed by atoms with Crippen LogP contribution in [0.1, 0.15) is 24.9 Å². The molecule has 0 N–H and O–H groups in total. The number of nitrogens with zero attached hydrogens (tertiary/aromatic N) is 1. The molecule has 0 saturated carbocycles. The van der Waals surface area contributed by atoms with E-state index in [4.69, 9.17) is 12.6 Å². The van der Waals surface area contributed by atoms with Crippen LogP contribution in [0.4, 0.5) is 4.39 Å². The summed E-state index contributed by atoms with van der Waals surface area (Å²) in [7, 11) is -2.77. The van der Waals surface area contributed by atoms with Gasteiger partial charge in [0, 0.05) is 30.1 Å². The standard InChI is InChI=1S/C40H30FNOSi/c1-26-17-18-28(23-27(26)2)33-15-10-16-34-35-21-19-30(25-42)38(40(35)43-39(33)34)29-20-22-37(36(41)24-29)44(3,31-11-6-4-7-12-31)32-13-8-5-9-14-32/h4-24H,1-3H3/i1D3,2D3. The molecule has 1 heterocycles. The van der Waals surface area contributed by atoms with E-state index in [-0.39, 0.29) is 16.9 Å². The number of halogens is 1. The first kappa shape index (κ1) is 21.4. The van der Waals surface area contributed by atoms with Crippen molar-refractivity contribution >= 4 is 45.6 Å². The SMILES string of the molecule is [2H]C([2H])([2H])c1ccc(-c2cccc3c2oc2c(-c4ccc([Si](C)(c5ccccc5)c5ccccc5)c(F)c4)c(C#N)ccc23)cc1C([2H])([2H])[2H]. The molecule has 0 aliphatic rings. The number of hydrogen-bond donors (Lipinski definition) is 0. The lowest BCUT2D eigenvalue weighted by atomic mass is 9.96.